The van der Waals surface area contributed by atoms with Gasteiger partial charge in [0.1, 0.15) is 0 Å². The van der Waals surface area contributed by atoms with Gasteiger partial charge in [-0.3, -0.25) is 0 Å². The molecule has 0 rings (SSSR count). The smallest absolute Gasteiger partial charge is 0.0376 e. The Morgan fingerprint density at radius 1 is 1.21 bits per heavy atom. The van der Waals surface area contributed by atoms with Crippen LogP contribution in [0.4, 0.5) is 0 Å². The fourth-order valence-electron chi connectivity index (χ4n) is 1.87. The van der Waals surface area contributed by atoms with Crippen LogP contribution in [0.5, 0.6) is 0 Å². The first-order valence-electron chi connectivity index (χ1n) is 6.38. The Kier molecular flexibility index (Phi) is 8.10. The Hall–Kier alpha value is -1.96. The topological polar surface area (TPSA) is 24.1 Å². The Balaban J connectivity index is 4.93. The maximum absolute atomic E-state index is 4.11. The van der Waals surface area contributed by atoms with Gasteiger partial charge in [0.25, 0.3) is 0 Å². The number of nitrogens with one attached hydrogen (secondary N) is 2. The third-order valence-corrected chi connectivity index (χ3v) is 2.87. The fourth-order valence-corrected chi connectivity index (χ4v) is 1.87. The van der Waals surface area contributed by atoms with E-state index in [9.17, 15) is 0 Å². The number of allylic oxidation sites excluding steroid dienone is 5. The van der Waals surface area contributed by atoms with Crippen molar-refractivity contribution in [2.24, 2.45) is 11.8 Å². The van der Waals surface area contributed by atoms with Gasteiger partial charge in [0, 0.05) is 24.4 Å². The van der Waals surface area contributed by atoms with Crippen molar-refractivity contribution in [3.63, 3.8) is 0 Å². The summed E-state index contributed by atoms with van der Waals surface area (Å²) in [6.07, 6.45) is 9.37. The van der Waals surface area contributed by atoms with Crippen molar-refractivity contribution in [1.29, 1.82) is 0 Å². The predicted molar refractivity (Wildman–Crippen MR) is 86.4 cm³/mol. The highest BCUT2D eigenvalue weighted by molar-refractivity contribution is 5.27. The minimum Gasteiger partial charge on any atom is -0.394 e. The zero-order chi connectivity index (χ0) is 14.8. The molecule has 0 aliphatic rings. The summed E-state index contributed by atoms with van der Waals surface area (Å²) in [4.78, 5) is 0. The second kappa shape index (κ2) is 9.03. The van der Waals surface area contributed by atoms with Gasteiger partial charge in [0.15, 0.2) is 0 Å². The molecule has 2 atom stereocenters. The average Bonchev–Trinajstić information content (AvgIpc) is 2.37. The van der Waals surface area contributed by atoms with Gasteiger partial charge in [-0.25, -0.2) is 0 Å². The maximum Gasteiger partial charge on any atom is 0.0376 e. The first-order valence-corrected chi connectivity index (χ1v) is 6.38. The Bertz CT molecular complexity index is 399. The van der Waals surface area contributed by atoms with E-state index >= 15 is 0 Å². The van der Waals surface area contributed by atoms with Crippen molar-refractivity contribution < 1.29 is 0 Å². The molecule has 0 aliphatic carbocycles. The van der Waals surface area contributed by atoms with Crippen molar-refractivity contribution in [2.75, 3.05) is 7.05 Å². The fraction of sp³-hybridized carbons (Fsp3) is 0.294. The van der Waals surface area contributed by atoms with Crippen LogP contribution in [0.3, 0.4) is 0 Å². The van der Waals surface area contributed by atoms with E-state index in [0.29, 0.717) is 0 Å². The molecule has 0 radical (unpaired) electrons. The first-order chi connectivity index (χ1) is 8.97. The number of hydrogen-bond donors (Lipinski definition) is 2. The van der Waals surface area contributed by atoms with Crippen LogP contribution in [0.15, 0.2) is 73.8 Å². The van der Waals surface area contributed by atoms with Gasteiger partial charge in [-0.1, -0.05) is 38.3 Å². The second-order valence-corrected chi connectivity index (χ2v) is 4.54. The molecule has 0 amide bonds. The number of hydrogen-bond acceptors (Lipinski definition) is 2. The molecular weight excluding hydrogens is 232 g/mol. The molecule has 0 aromatic heterocycles. The summed E-state index contributed by atoms with van der Waals surface area (Å²) in [6.45, 7) is 19.9. The molecule has 2 unspecified atom stereocenters. The molecule has 0 aromatic carbocycles. The number of rotatable bonds is 9. The molecule has 0 bridgehead atoms. The summed E-state index contributed by atoms with van der Waals surface area (Å²) in [5.74, 6) is 0.450. The van der Waals surface area contributed by atoms with E-state index < -0.39 is 0 Å². The van der Waals surface area contributed by atoms with Gasteiger partial charge in [0.2, 0.25) is 0 Å². The van der Waals surface area contributed by atoms with Crippen LogP contribution in [0.25, 0.3) is 0 Å². The highest BCUT2D eigenvalue weighted by Gasteiger charge is 2.18. The van der Waals surface area contributed by atoms with E-state index in [1.54, 1.807) is 6.08 Å². The van der Waals surface area contributed by atoms with Gasteiger partial charge in [-0.05, 0) is 37.3 Å². The normalized spacial score (nSPS) is 14.6. The van der Waals surface area contributed by atoms with Crippen LogP contribution in [0, 0.1) is 11.8 Å². The molecule has 104 valence electrons. The molecule has 19 heavy (non-hydrogen) atoms. The maximum atomic E-state index is 4.11. The van der Waals surface area contributed by atoms with E-state index in [2.05, 4.69) is 43.9 Å². The molecule has 0 aliphatic heterocycles. The monoisotopic (exact) mass is 258 g/mol. The lowest BCUT2D eigenvalue weighted by Gasteiger charge is -2.25. The van der Waals surface area contributed by atoms with Crippen molar-refractivity contribution in [2.45, 2.75) is 13.8 Å². The lowest BCUT2D eigenvalue weighted by atomic mass is 9.86. The lowest BCUT2D eigenvalue weighted by molar-refractivity contribution is 0.535. The quantitative estimate of drug-likeness (QED) is 0.484. The third kappa shape index (κ3) is 5.96. The molecule has 2 heteroatoms. The van der Waals surface area contributed by atoms with Crippen molar-refractivity contribution in [1.82, 2.24) is 10.6 Å². The standard InChI is InChI=1S/C17H26N2/c1-8-14(5)17(13(3)4)15(6)19-16(9-2)11-10-12-18-7/h8-12,14,17-19H,1-3,6H2,4-5,7H3/b12-10-,16-11+. The summed E-state index contributed by atoms with van der Waals surface area (Å²) < 4.78 is 0. The largest absolute Gasteiger partial charge is 0.394 e. The zero-order valence-corrected chi connectivity index (χ0v) is 12.4. The summed E-state index contributed by atoms with van der Waals surface area (Å²) in [7, 11) is 1.85. The minimum absolute atomic E-state index is 0.161. The molecule has 2 N–H and O–H groups in total. The van der Waals surface area contributed by atoms with Crippen LogP contribution >= 0.6 is 0 Å². The molecule has 0 fully saturated rings. The van der Waals surface area contributed by atoms with Crippen LogP contribution in [-0.4, -0.2) is 7.05 Å². The molecule has 2 nitrogen and oxygen atoms in total. The van der Waals surface area contributed by atoms with Crippen molar-refractivity contribution in [3.8, 4) is 0 Å². The summed E-state index contributed by atoms with van der Waals surface area (Å²) >= 11 is 0. The van der Waals surface area contributed by atoms with Crippen LogP contribution in [0.1, 0.15) is 13.8 Å². The Morgan fingerprint density at radius 3 is 2.26 bits per heavy atom. The average molecular weight is 258 g/mol. The van der Waals surface area contributed by atoms with E-state index in [-0.39, 0.29) is 11.8 Å². The first kappa shape index (κ1) is 17.0. The van der Waals surface area contributed by atoms with Crippen molar-refractivity contribution >= 4 is 0 Å². The van der Waals surface area contributed by atoms with E-state index in [0.717, 1.165) is 17.0 Å². The predicted octanol–water partition coefficient (Wildman–Crippen LogP) is 3.91. The van der Waals surface area contributed by atoms with Gasteiger partial charge in [-0.2, -0.15) is 0 Å². The molecular formula is C17H26N2. The summed E-state index contributed by atoms with van der Waals surface area (Å²) in [5, 5.41) is 6.21. The van der Waals surface area contributed by atoms with Gasteiger partial charge in [-0.15, -0.1) is 6.58 Å². The Labute approximate surface area is 118 Å². The van der Waals surface area contributed by atoms with E-state index in [4.69, 9.17) is 0 Å². The van der Waals surface area contributed by atoms with Crippen LogP contribution < -0.4 is 10.6 Å². The highest BCUT2D eigenvalue weighted by atomic mass is 14.9. The summed E-state index contributed by atoms with van der Waals surface area (Å²) in [6, 6.07) is 0. The SMILES string of the molecule is C=C/C(=C\C=C/NC)NC(=C)C(C(=C)C)C(C)C=C. The molecule has 0 spiro atoms. The molecule has 0 aromatic rings. The van der Waals surface area contributed by atoms with Gasteiger partial charge >= 0.3 is 0 Å². The van der Waals surface area contributed by atoms with Crippen molar-refractivity contribution in [3.05, 3.63) is 73.8 Å². The summed E-state index contributed by atoms with van der Waals surface area (Å²) in [5.41, 5.74) is 2.88. The Morgan fingerprint density at radius 2 is 1.84 bits per heavy atom. The molecule has 0 heterocycles. The van der Waals surface area contributed by atoms with E-state index in [1.165, 1.54) is 0 Å². The lowest BCUT2D eigenvalue weighted by Crippen LogP contribution is -2.23. The molecule has 0 saturated heterocycles. The van der Waals surface area contributed by atoms with Crippen LogP contribution in [0.2, 0.25) is 0 Å². The van der Waals surface area contributed by atoms with Gasteiger partial charge < -0.3 is 10.6 Å². The minimum atomic E-state index is 0.161. The third-order valence-electron chi connectivity index (χ3n) is 2.87. The van der Waals surface area contributed by atoms with Gasteiger partial charge in [0.05, 0.1) is 0 Å². The highest BCUT2D eigenvalue weighted by Crippen LogP contribution is 2.26. The van der Waals surface area contributed by atoms with Crippen LogP contribution in [-0.2, 0) is 0 Å². The second-order valence-electron chi connectivity index (χ2n) is 4.54. The molecule has 0 saturated carbocycles. The van der Waals surface area contributed by atoms with E-state index in [1.807, 2.05) is 38.4 Å². The zero-order valence-electron chi connectivity index (χ0n) is 12.4.